The molecule has 0 amide bonds. The summed E-state index contributed by atoms with van der Waals surface area (Å²) in [7, 11) is 0. The molecule has 0 N–H and O–H groups in total. The lowest BCUT2D eigenvalue weighted by Gasteiger charge is -2.35. The van der Waals surface area contributed by atoms with Gasteiger partial charge >= 0.3 is 0 Å². The van der Waals surface area contributed by atoms with Crippen LogP contribution in [0.4, 0.5) is 5.69 Å². The zero-order valence-corrected chi connectivity index (χ0v) is 20.0. The second-order valence-electron chi connectivity index (χ2n) is 10.5. The number of hydrogen-bond donors (Lipinski definition) is 0. The molecule has 0 radical (unpaired) electrons. The first kappa shape index (κ1) is 21.5. The Kier molecular flexibility index (Phi) is 6.28. The zero-order valence-electron chi connectivity index (χ0n) is 20.0. The normalized spacial score (nSPS) is 16.2. The predicted molar refractivity (Wildman–Crippen MR) is 131 cm³/mol. The average Bonchev–Trinajstić information content (AvgIpc) is 2.75. The van der Waals surface area contributed by atoms with Crippen molar-refractivity contribution in [1.82, 2.24) is 0 Å². The number of fused-ring (bicyclic) bond motifs is 2. The lowest BCUT2D eigenvalue weighted by Crippen LogP contribution is -2.28. The molecule has 0 heterocycles. The van der Waals surface area contributed by atoms with Crippen LogP contribution in [0.2, 0.25) is 0 Å². The number of nitrogens with zero attached hydrogens (tertiary/aromatic N) is 1. The average molecular weight is 404 g/mol. The summed E-state index contributed by atoms with van der Waals surface area (Å²) in [6, 6.07) is 9.63. The predicted octanol–water partition coefficient (Wildman–Crippen LogP) is 7.33. The summed E-state index contributed by atoms with van der Waals surface area (Å²) >= 11 is 0. The fourth-order valence-corrected chi connectivity index (χ4v) is 5.95. The number of hydrogen-bond acceptors (Lipinski definition) is 1. The van der Waals surface area contributed by atoms with E-state index in [-0.39, 0.29) is 5.41 Å². The molecule has 4 rings (SSSR count). The number of rotatable bonds is 5. The first-order valence-electron chi connectivity index (χ1n) is 12.5. The van der Waals surface area contributed by atoms with E-state index in [9.17, 15) is 0 Å². The van der Waals surface area contributed by atoms with Crippen LogP contribution < -0.4 is 4.90 Å². The van der Waals surface area contributed by atoms with Crippen molar-refractivity contribution < 1.29 is 0 Å². The molecule has 0 spiro atoms. The van der Waals surface area contributed by atoms with E-state index in [0.717, 1.165) is 19.5 Å². The monoisotopic (exact) mass is 403 g/mol. The van der Waals surface area contributed by atoms with Gasteiger partial charge in [0.15, 0.2) is 0 Å². The molecule has 2 aliphatic carbocycles. The summed E-state index contributed by atoms with van der Waals surface area (Å²) in [5.41, 5.74) is 13.2. The SMILES string of the molecule is CCc1c(CN(CC)c2c3c(cc4c2CCCC4)CCCC3)cccc1C(C)(C)C. The smallest absolute Gasteiger partial charge is 0.0439 e. The number of benzene rings is 2. The Morgan fingerprint density at radius 3 is 1.97 bits per heavy atom. The van der Waals surface area contributed by atoms with E-state index >= 15 is 0 Å². The molecule has 1 heteroatoms. The largest absolute Gasteiger partial charge is 0.367 e. The van der Waals surface area contributed by atoms with Gasteiger partial charge in [-0.3, -0.25) is 0 Å². The van der Waals surface area contributed by atoms with Crippen molar-refractivity contribution in [3.8, 4) is 0 Å². The molecule has 0 fully saturated rings. The Bertz CT molecular complexity index is 865. The Morgan fingerprint density at radius 2 is 1.43 bits per heavy atom. The van der Waals surface area contributed by atoms with Crippen LogP contribution in [0.5, 0.6) is 0 Å². The molecular weight excluding hydrogens is 362 g/mol. The Hall–Kier alpha value is -1.76. The third-order valence-corrected chi connectivity index (χ3v) is 7.43. The molecule has 0 saturated carbocycles. The summed E-state index contributed by atoms with van der Waals surface area (Å²) in [6.45, 7) is 13.9. The van der Waals surface area contributed by atoms with E-state index in [4.69, 9.17) is 0 Å². The van der Waals surface area contributed by atoms with Gasteiger partial charge in [-0.1, -0.05) is 52.0 Å². The Morgan fingerprint density at radius 1 is 0.833 bits per heavy atom. The summed E-state index contributed by atoms with van der Waals surface area (Å²) < 4.78 is 0. The second kappa shape index (κ2) is 8.77. The molecule has 2 aromatic carbocycles. The van der Waals surface area contributed by atoms with Crippen LogP contribution in [0.15, 0.2) is 24.3 Å². The molecule has 0 saturated heterocycles. The minimum atomic E-state index is 0.198. The maximum absolute atomic E-state index is 2.73. The quantitative estimate of drug-likeness (QED) is 0.505. The first-order chi connectivity index (χ1) is 14.4. The topological polar surface area (TPSA) is 3.24 Å². The molecule has 0 bridgehead atoms. The lowest BCUT2D eigenvalue weighted by atomic mass is 9.80. The van der Waals surface area contributed by atoms with Gasteiger partial charge in [0.05, 0.1) is 0 Å². The minimum Gasteiger partial charge on any atom is -0.367 e. The first-order valence-corrected chi connectivity index (χ1v) is 12.5. The van der Waals surface area contributed by atoms with Gasteiger partial charge in [0.25, 0.3) is 0 Å². The molecule has 1 nitrogen and oxygen atoms in total. The standard InChI is InChI=1S/C29H41N/c1-6-24-23(15-12-18-27(24)29(3,4)5)20-30(7-2)28-25-16-10-8-13-21(25)19-22-14-9-11-17-26(22)28/h12,15,18-19H,6-11,13-14,16-17,20H2,1-5H3. The summed E-state index contributed by atoms with van der Waals surface area (Å²) in [5.74, 6) is 0. The van der Waals surface area contributed by atoms with E-state index in [1.165, 1.54) is 62.5 Å². The summed E-state index contributed by atoms with van der Waals surface area (Å²) in [6.07, 6.45) is 11.7. The van der Waals surface area contributed by atoms with Gasteiger partial charge in [-0.2, -0.15) is 0 Å². The van der Waals surface area contributed by atoms with E-state index in [0.29, 0.717) is 0 Å². The maximum atomic E-state index is 2.73. The van der Waals surface area contributed by atoms with Crippen LogP contribution in [0, 0.1) is 0 Å². The summed E-state index contributed by atoms with van der Waals surface area (Å²) in [4.78, 5) is 2.73. The third kappa shape index (κ3) is 4.05. The molecule has 0 aromatic heterocycles. The van der Waals surface area contributed by atoms with Crippen LogP contribution >= 0.6 is 0 Å². The third-order valence-electron chi connectivity index (χ3n) is 7.43. The highest BCUT2D eigenvalue weighted by Crippen LogP contribution is 2.40. The lowest BCUT2D eigenvalue weighted by molar-refractivity contribution is 0.581. The zero-order chi connectivity index (χ0) is 21.3. The fraction of sp³-hybridized carbons (Fsp3) is 0.586. The highest BCUT2D eigenvalue weighted by molar-refractivity contribution is 5.66. The van der Waals surface area contributed by atoms with Crippen LogP contribution in [0.3, 0.4) is 0 Å². The van der Waals surface area contributed by atoms with Gasteiger partial charge < -0.3 is 4.90 Å². The minimum absolute atomic E-state index is 0.198. The molecule has 0 atom stereocenters. The van der Waals surface area contributed by atoms with Crippen molar-refractivity contribution in [1.29, 1.82) is 0 Å². The van der Waals surface area contributed by atoms with Crippen molar-refractivity contribution >= 4 is 5.69 Å². The van der Waals surface area contributed by atoms with Crippen molar-refractivity contribution in [2.75, 3.05) is 11.4 Å². The van der Waals surface area contributed by atoms with E-state index in [1.807, 2.05) is 0 Å². The molecule has 162 valence electrons. The van der Waals surface area contributed by atoms with Crippen LogP contribution in [-0.4, -0.2) is 6.54 Å². The van der Waals surface area contributed by atoms with Gasteiger partial charge in [-0.15, -0.1) is 0 Å². The molecule has 0 unspecified atom stereocenters. The Labute approximate surface area is 184 Å². The molecule has 30 heavy (non-hydrogen) atoms. The van der Waals surface area contributed by atoms with Gasteiger partial charge in [0.1, 0.15) is 0 Å². The van der Waals surface area contributed by atoms with Crippen LogP contribution in [-0.2, 0) is 44.1 Å². The van der Waals surface area contributed by atoms with Crippen molar-refractivity contribution in [2.45, 2.75) is 104 Å². The highest BCUT2D eigenvalue weighted by Gasteiger charge is 2.26. The summed E-state index contributed by atoms with van der Waals surface area (Å²) in [5, 5.41) is 0. The Balaban J connectivity index is 1.80. The van der Waals surface area contributed by atoms with Gasteiger partial charge in [0, 0.05) is 18.8 Å². The molecular formula is C29H41N. The second-order valence-corrected chi connectivity index (χ2v) is 10.5. The van der Waals surface area contributed by atoms with E-state index in [2.05, 4.69) is 63.8 Å². The van der Waals surface area contributed by atoms with E-state index in [1.54, 1.807) is 33.5 Å². The number of aryl methyl sites for hydroxylation is 2. The van der Waals surface area contributed by atoms with Crippen molar-refractivity contribution in [2.24, 2.45) is 0 Å². The molecule has 2 aromatic rings. The maximum Gasteiger partial charge on any atom is 0.0439 e. The molecule has 2 aliphatic rings. The highest BCUT2D eigenvalue weighted by atomic mass is 15.1. The van der Waals surface area contributed by atoms with Crippen molar-refractivity contribution in [3.63, 3.8) is 0 Å². The van der Waals surface area contributed by atoms with Gasteiger partial charge in [-0.05, 0) is 109 Å². The van der Waals surface area contributed by atoms with Gasteiger partial charge in [-0.25, -0.2) is 0 Å². The van der Waals surface area contributed by atoms with Crippen LogP contribution in [0.1, 0.15) is 99.2 Å². The van der Waals surface area contributed by atoms with Crippen molar-refractivity contribution in [3.05, 3.63) is 63.2 Å². The fourth-order valence-electron chi connectivity index (χ4n) is 5.95. The number of anilines is 1. The van der Waals surface area contributed by atoms with Gasteiger partial charge in [0.2, 0.25) is 0 Å². The van der Waals surface area contributed by atoms with Crippen LogP contribution in [0.25, 0.3) is 0 Å². The van der Waals surface area contributed by atoms with E-state index < -0.39 is 0 Å². The molecule has 0 aliphatic heterocycles.